The molecule has 0 bridgehead atoms. The number of piperazine rings is 1. The molecule has 1 aromatic carbocycles. The Labute approximate surface area is 186 Å². The van der Waals surface area contributed by atoms with Crippen LogP contribution in [-0.4, -0.2) is 89.5 Å². The van der Waals surface area contributed by atoms with Gasteiger partial charge in [0, 0.05) is 46.3 Å². The second kappa shape index (κ2) is 8.61. The van der Waals surface area contributed by atoms with E-state index in [0.717, 1.165) is 57.2 Å². The Morgan fingerprint density at radius 2 is 1.87 bits per heavy atom. The van der Waals surface area contributed by atoms with Gasteiger partial charge in [0.2, 0.25) is 0 Å². The molecular weight excluding hydrogens is 427 g/mol. The molecule has 0 spiro atoms. The van der Waals surface area contributed by atoms with Crippen molar-refractivity contribution >= 4 is 41.1 Å². The van der Waals surface area contributed by atoms with E-state index in [1.165, 1.54) is 4.90 Å². The Balaban J connectivity index is 1.44. The third-order valence-electron chi connectivity index (χ3n) is 5.85. The Bertz CT molecular complexity index is 871. The van der Waals surface area contributed by atoms with Gasteiger partial charge in [-0.1, -0.05) is 36.2 Å². The lowest BCUT2D eigenvalue weighted by Crippen LogP contribution is -2.64. The van der Waals surface area contributed by atoms with Crippen LogP contribution in [0.25, 0.3) is 0 Å². The molecule has 1 N–H and O–H groups in total. The highest BCUT2D eigenvalue weighted by Crippen LogP contribution is 2.27. The molecule has 0 aromatic heterocycles. The number of aliphatic imine (C=N–C) groups is 1. The van der Waals surface area contributed by atoms with Crippen LogP contribution in [0.1, 0.15) is 18.9 Å². The van der Waals surface area contributed by atoms with Gasteiger partial charge in [0.1, 0.15) is 0 Å². The van der Waals surface area contributed by atoms with Crippen molar-refractivity contribution < 1.29 is 9.59 Å². The number of likely N-dealkylation sites (N-methyl/N-ethyl adjacent to an activating group) is 1. The van der Waals surface area contributed by atoms with Crippen molar-refractivity contribution in [3.8, 4) is 0 Å². The van der Waals surface area contributed by atoms with Crippen LogP contribution in [0.2, 0.25) is 10.0 Å². The first kappa shape index (κ1) is 21.2. The predicted molar refractivity (Wildman–Crippen MR) is 117 cm³/mol. The molecule has 4 rings (SSSR count). The Hall–Kier alpha value is -2.03. The first-order valence-electron chi connectivity index (χ1n) is 10.2. The number of carbonyl (C=O) groups is 2. The molecule has 2 unspecified atom stereocenters. The van der Waals surface area contributed by atoms with Crippen molar-refractivity contribution in [2.75, 3.05) is 39.8 Å². The number of nitrogens with zero attached hydrogens (tertiary/aromatic N) is 5. The van der Waals surface area contributed by atoms with Gasteiger partial charge < -0.3 is 14.7 Å². The molecule has 10 heteroatoms. The molecule has 0 radical (unpaired) electrons. The maximum atomic E-state index is 12.5. The highest BCUT2D eigenvalue weighted by molar-refractivity contribution is 6.42. The van der Waals surface area contributed by atoms with Crippen LogP contribution in [0.3, 0.4) is 0 Å². The lowest BCUT2D eigenvalue weighted by Gasteiger charge is -2.40. The zero-order valence-electron chi connectivity index (χ0n) is 17.1. The van der Waals surface area contributed by atoms with Gasteiger partial charge in [-0.2, -0.15) is 0 Å². The van der Waals surface area contributed by atoms with Gasteiger partial charge in [-0.15, -0.1) is 0 Å². The number of urea groups is 1. The van der Waals surface area contributed by atoms with Gasteiger partial charge in [-0.3, -0.25) is 15.0 Å². The third-order valence-corrected chi connectivity index (χ3v) is 6.59. The van der Waals surface area contributed by atoms with Crippen LogP contribution < -0.4 is 5.32 Å². The van der Waals surface area contributed by atoms with E-state index in [9.17, 15) is 9.59 Å². The summed E-state index contributed by atoms with van der Waals surface area (Å²) >= 11 is 12.2. The van der Waals surface area contributed by atoms with Gasteiger partial charge in [-0.05, 0) is 24.1 Å². The second-order valence-corrected chi connectivity index (χ2v) is 8.71. The van der Waals surface area contributed by atoms with E-state index < -0.39 is 18.2 Å². The van der Waals surface area contributed by atoms with E-state index >= 15 is 0 Å². The normalized spacial score (nSPS) is 24.8. The Morgan fingerprint density at radius 1 is 1.13 bits per heavy atom. The van der Waals surface area contributed by atoms with Crippen LogP contribution in [0.5, 0.6) is 0 Å². The molecule has 2 saturated heterocycles. The topological polar surface area (TPSA) is 71.5 Å². The van der Waals surface area contributed by atoms with Crippen molar-refractivity contribution in [2.45, 2.75) is 32.1 Å². The third kappa shape index (κ3) is 3.96. The van der Waals surface area contributed by atoms with Crippen molar-refractivity contribution in [2.24, 2.45) is 4.99 Å². The Kier molecular flexibility index (Phi) is 6.09. The summed E-state index contributed by atoms with van der Waals surface area (Å²) in [5, 5.41) is 3.58. The highest BCUT2D eigenvalue weighted by atomic mass is 35.5. The number of amides is 3. The fourth-order valence-corrected chi connectivity index (χ4v) is 4.58. The van der Waals surface area contributed by atoms with E-state index in [2.05, 4.69) is 26.9 Å². The van der Waals surface area contributed by atoms with Crippen LogP contribution in [0.4, 0.5) is 4.79 Å². The molecule has 2 atom stereocenters. The zero-order chi connectivity index (χ0) is 21.4. The first-order chi connectivity index (χ1) is 14.4. The van der Waals surface area contributed by atoms with Crippen molar-refractivity contribution in [3.63, 3.8) is 0 Å². The molecule has 3 amide bonds. The molecule has 30 heavy (non-hydrogen) atoms. The summed E-state index contributed by atoms with van der Waals surface area (Å²) in [6, 6.07) is 4.89. The molecule has 0 aliphatic carbocycles. The van der Waals surface area contributed by atoms with Gasteiger partial charge in [-0.25, -0.2) is 9.79 Å². The van der Waals surface area contributed by atoms with E-state index in [1.807, 2.05) is 18.2 Å². The summed E-state index contributed by atoms with van der Waals surface area (Å²) in [6.07, 6.45) is 0.423. The summed E-state index contributed by atoms with van der Waals surface area (Å²) in [5.74, 6) is 0.547. The van der Waals surface area contributed by atoms with Crippen molar-refractivity contribution in [1.29, 1.82) is 0 Å². The second-order valence-electron chi connectivity index (χ2n) is 7.90. The molecule has 3 aliphatic rings. The minimum absolute atomic E-state index is 0.270. The lowest BCUT2D eigenvalue weighted by atomic mass is 10.1. The number of fused-ring (bicyclic) bond motifs is 1. The number of nitrogens with one attached hydrogen (secondary N) is 1. The molecule has 1 aromatic rings. The van der Waals surface area contributed by atoms with Crippen LogP contribution >= 0.6 is 23.2 Å². The smallest absolute Gasteiger partial charge is 0.325 e. The molecule has 3 heterocycles. The summed E-state index contributed by atoms with van der Waals surface area (Å²) < 4.78 is 0. The van der Waals surface area contributed by atoms with Crippen LogP contribution in [0.15, 0.2) is 23.2 Å². The number of halogens is 2. The fraction of sp³-hybridized carbons (Fsp3) is 0.550. The summed E-state index contributed by atoms with van der Waals surface area (Å²) in [5.41, 5.74) is 1.13. The Morgan fingerprint density at radius 3 is 2.53 bits per heavy atom. The SMILES string of the molecule is CCCN1C(N2CCN(Cc3ccc(Cl)c(Cl)c3)CC2)=NC2C1C(=O)NC(=O)N2C. The molecule has 8 nitrogen and oxygen atoms in total. The standard InChI is InChI=1S/C20H26Cl2N6O2/c1-3-6-28-16-17(25(2)20(30)24-18(16)29)23-19(28)27-9-7-26(8-10-27)12-13-4-5-14(21)15(22)11-13/h4-5,11,16-17H,3,6-10,12H2,1-2H3,(H,24,29,30). The van der Waals surface area contributed by atoms with Crippen LogP contribution in [-0.2, 0) is 11.3 Å². The molecule has 2 fully saturated rings. The van der Waals surface area contributed by atoms with Gasteiger partial charge >= 0.3 is 6.03 Å². The number of guanidine groups is 1. The minimum Gasteiger partial charge on any atom is -0.340 e. The number of rotatable bonds is 4. The van der Waals surface area contributed by atoms with Gasteiger partial charge in [0.25, 0.3) is 5.91 Å². The maximum absolute atomic E-state index is 12.5. The number of carbonyl (C=O) groups excluding carboxylic acids is 2. The summed E-state index contributed by atoms with van der Waals surface area (Å²) in [6.45, 7) is 6.96. The maximum Gasteiger partial charge on any atom is 0.325 e. The average molecular weight is 453 g/mol. The number of hydrogen-bond acceptors (Lipinski definition) is 6. The quantitative estimate of drug-likeness (QED) is 0.756. The van der Waals surface area contributed by atoms with Crippen molar-refractivity contribution in [1.82, 2.24) is 24.9 Å². The number of imide groups is 1. The number of hydrogen-bond donors (Lipinski definition) is 1. The van der Waals surface area contributed by atoms with E-state index in [0.29, 0.717) is 10.0 Å². The molecule has 0 saturated carbocycles. The monoisotopic (exact) mass is 452 g/mol. The van der Waals surface area contributed by atoms with E-state index in [1.54, 1.807) is 7.05 Å². The van der Waals surface area contributed by atoms with Gasteiger partial charge in [0.05, 0.1) is 10.0 Å². The summed E-state index contributed by atoms with van der Waals surface area (Å²) in [7, 11) is 1.69. The largest absolute Gasteiger partial charge is 0.340 e. The number of benzene rings is 1. The molecular formula is C20H26Cl2N6O2. The summed E-state index contributed by atoms with van der Waals surface area (Å²) in [4.78, 5) is 37.5. The van der Waals surface area contributed by atoms with Gasteiger partial charge in [0.15, 0.2) is 18.2 Å². The average Bonchev–Trinajstić information content (AvgIpc) is 3.10. The van der Waals surface area contributed by atoms with E-state index in [4.69, 9.17) is 28.2 Å². The molecule has 3 aliphatic heterocycles. The molecule has 162 valence electrons. The van der Waals surface area contributed by atoms with E-state index in [-0.39, 0.29) is 5.91 Å². The predicted octanol–water partition coefficient (Wildman–Crippen LogP) is 2.07. The fourth-order valence-electron chi connectivity index (χ4n) is 4.26. The lowest BCUT2D eigenvalue weighted by molar-refractivity contribution is -0.127. The zero-order valence-corrected chi connectivity index (χ0v) is 18.7. The minimum atomic E-state index is -0.470. The van der Waals surface area contributed by atoms with Crippen LogP contribution in [0, 0.1) is 0 Å². The first-order valence-corrected chi connectivity index (χ1v) is 11.0. The highest BCUT2D eigenvalue weighted by Gasteiger charge is 2.49. The van der Waals surface area contributed by atoms with Crippen molar-refractivity contribution in [3.05, 3.63) is 33.8 Å².